The third kappa shape index (κ3) is 5.63. The van der Waals surface area contributed by atoms with Gasteiger partial charge >= 0.3 is 0 Å². The fourth-order valence-electron chi connectivity index (χ4n) is 6.36. The minimum absolute atomic E-state index is 0.00735. The highest BCUT2D eigenvalue weighted by Crippen LogP contribution is 2.52. The Morgan fingerprint density at radius 1 is 1.14 bits per heavy atom. The number of carbonyl (C=O) groups excluding carboxylic acids is 3. The van der Waals surface area contributed by atoms with Gasteiger partial charge in [0.25, 0.3) is 0 Å². The number of Topliss-reactive ketones (excluding diaryl/α,β-unsaturated/α-hetero) is 1. The number of hydrogen-bond acceptors (Lipinski definition) is 12. The second-order valence-electron chi connectivity index (χ2n) is 11.8. The van der Waals surface area contributed by atoms with E-state index in [1.54, 1.807) is 6.92 Å². The van der Waals surface area contributed by atoms with Gasteiger partial charge in [-0.05, 0) is 25.2 Å². The first-order valence-electron chi connectivity index (χ1n) is 14.9. The van der Waals surface area contributed by atoms with Crippen LogP contribution in [0.25, 0.3) is 0 Å². The van der Waals surface area contributed by atoms with Gasteiger partial charge in [0, 0.05) is 42.0 Å². The summed E-state index contributed by atoms with van der Waals surface area (Å²) in [4.78, 5) is 41.0. The van der Waals surface area contributed by atoms with Crippen LogP contribution in [0.4, 0.5) is 0 Å². The third-order valence-electron chi connectivity index (χ3n) is 8.79. The number of ketones is 3. The average molecular weight is 630 g/mol. The van der Waals surface area contributed by atoms with E-state index in [1.165, 1.54) is 37.1 Å². The molecule has 5 rings (SSSR count). The van der Waals surface area contributed by atoms with E-state index in [0.29, 0.717) is 0 Å². The van der Waals surface area contributed by atoms with Crippen LogP contribution >= 0.6 is 11.8 Å². The lowest BCUT2D eigenvalue weighted by Crippen LogP contribution is -2.53. The summed E-state index contributed by atoms with van der Waals surface area (Å²) in [5.74, 6) is -2.25. The van der Waals surface area contributed by atoms with Gasteiger partial charge in [0.05, 0.1) is 47.9 Å². The van der Waals surface area contributed by atoms with Crippen LogP contribution in [0.2, 0.25) is 0 Å². The van der Waals surface area contributed by atoms with E-state index in [1.807, 2.05) is 0 Å². The standard InChI is InChI=1S/C32H39NO10S/c1-4-5-6-10-44-14-21(34)32(40)12-17-24(20(13-32)43-22-11-18(33)27(35)15(2)42-22)31(39)26-25(29(17)37)28(36)16-8-7-9-19(41-3)23(16)30(26)38/h7-9,15,18,20,22,27,35,37,39-40H,4-6,10-14,33H2,1-3H3/t15?,18?,20-,22?,27?,32-/m0/s1. The number of unbranched alkanes of at least 4 members (excludes halogenated alkanes) is 2. The Morgan fingerprint density at radius 2 is 1.86 bits per heavy atom. The zero-order valence-electron chi connectivity index (χ0n) is 25.0. The molecule has 0 bridgehead atoms. The molecule has 44 heavy (non-hydrogen) atoms. The summed E-state index contributed by atoms with van der Waals surface area (Å²) >= 11 is 1.40. The molecule has 1 heterocycles. The number of phenolic OH excluding ortho intramolecular Hbond substituents is 2. The second-order valence-corrected chi connectivity index (χ2v) is 12.9. The first-order chi connectivity index (χ1) is 20.9. The molecule has 1 saturated heterocycles. The lowest BCUT2D eigenvalue weighted by molar-refractivity contribution is -0.247. The van der Waals surface area contributed by atoms with Crippen molar-refractivity contribution in [2.75, 3.05) is 18.6 Å². The van der Waals surface area contributed by atoms with E-state index in [2.05, 4.69) is 6.92 Å². The lowest BCUT2D eigenvalue weighted by Gasteiger charge is -2.42. The summed E-state index contributed by atoms with van der Waals surface area (Å²) in [5.41, 5.74) is 3.12. The molecule has 11 nitrogen and oxygen atoms in total. The highest BCUT2D eigenvalue weighted by atomic mass is 32.2. The van der Waals surface area contributed by atoms with Crippen LogP contribution in [-0.2, 0) is 20.7 Å². The summed E-state index contributed by atoms with van der Waals surface area (Å²) in [7, 11) is 1.35. The first-order valence-corrected chi connectivity index (χ1v) is 16.0. The molecule has 12 heteroatoms. The molecule has 4 unspecified atom stereocenters. The van der Waals surface area contributed by atoms with Crippen molar-refractivity contribution in [3.63, 3.8) is 0 Å². The van der Waals surface area contributed by atoms with Crippen molar-refractivity contribution in [3.05, 3.63) is 51.6 Å². The number of phenols is 2. The SMILES string of the molecule is CCCCCSCC(=O)[C@]1(O)Cc2c(O)c3c(c(O)c2[C@@H](OC2CC(N)C(O)C(C)O2)C1)C(=O)c1c(OC)cccc1C3=O. The summed E-state index contributed by atoms with van der Waals surface area (Å²) < 4.78 is 17.4. The smallest absolute Gasteiger partial charge is 0.202 e. The number of ether oxygens (including phenoxy) is 3. The monoisotopic (exact) mass is 629 g/mol. The number of carbonyl (C=O) groups is 3. The Bertz CT molecular complexity index is 1470. The Hall–Kier alpha value is -3.00. The molecular weight excluding hydrogens is 590 g/mol. The fourth-order valence-corrected chi connectivity index (χ4v) is 7.36. The minimum atomic E-state index is -2.02. The third-order valence-corrected chi connectivity index (χ3v) is 9.83. The van der Waals surface area contributed by atoms with Gasteiger partial charge in [-0.2, -0.15) is 11.8 Å². The van der Waals surface area contributed by atoms with Crippen LogP contribution in [0.1, 0.15) is 95.0 Å². The summed E-state index contributed by atoms with van der Waals surface area (Å²) in [6.07, 6.45) is -1.56. The van der Waals surface area contributed by atoms with Gasteiger partial charge in [0.15, 0.2) is 17.9 Å². The normalized spacial score (nSPS) is 27.8. The van der Waals surface area contributed by atoms with Gasteiger partial charge < -0.3 is 40.4 Å². The van der Waals surface area contributed by atoms with Crippen molar-refractivity contribution in [1.82, 2.24) is 0 Å². The number of nitrogens with two attached hydrogens (primary N) is 1. The number of fused-ring (bicyclic) bond motifs is 3. The van der Waals surface area contributed by atoms with Crippen molar-refractivity contribution in [1.29, 1.82) is 0 Å². The van der Waals surface area contributed by atoms with E-state index in [9.17, 15) is 34.8 Å². The molecule has 0 spiro atoms. The van der Waals surface area contributed by atoms with E-state index in [-0.39, 0.29) is 46.6 Å². The van der Waals surface area contributed by atoms with Gasteiger partial charge in [-0.1, -0.05) is 31.9 Å². The van der Waals surface area contributed by atoms with E-state index in [0.717, 1.165) is 25.0 Å². The van der Waals surface area contributed by atoms with Crippen molar-refractivity contribution in [3.8, 4) is 17.2 Å². The Balaban J connectivity index is 1.59. The quantitative estimate of drug-likeness (QED) is 0.163. The molecular formula is C32H39NO10S. The van der Waals surface area contributed by atoms with Crippen LogP contribution in [0, 0.1) is 0 Å². The number of aliphatic hydroxyl groups is 2. The fraction of sp³-hybridized carbons (Fsp3) is 0.531. The van der Waals surface area contributed by atoms with Crippen molar-refractivity contribution in [2.45, 2.75) is 88.6 Å². The molecule has 1 fully saturated rings. The van der Waals surface area contributed by atoms with Crippen molar-refractivity contribution in [2.24, 2.45) is 5.73 Å². The molecule has 0 amide bonds. The summed E-state index contributed by atoms with van der Waals surface area (Å²) in [6.45, 7) is 3.70. The zero-order valence-corrected chi connectivity index (χ0v) is 25.8. The van der Waals surface area contributed by atoms with Crippen LogP contribution in [-0.4, -0.2) is 86.5 Å². The zero-order chi connectivity index (χ0) is 31.9. The largest absolute Gasteiger partial charge is 0.507 e. The highest BCUT2D eigenvalue weighted by Gasteiger charge is 2.50. The average Bonchev–Trinajstić information content (AvgIpc) is 2.99. The maximum Gasteiger partial charge on any atom is 0.202 e. The molecule has 0 radical (unpaired) electrons. The van der Waals surface area contributed by atoms with Gasteiger partial charge in [-0.25, -0.2) is 0 Å². The van der Waals surface area contributed by atoms with E-state index in [4.69, 9.17) is 19.9 Å². The number of thioether (sulfide) groups is 1. The van der Waals surface area contributed by atoms with Crippen LogP contribution < -0.4 is 10.5 Å². The molecule has 6 atom stereocenters. The number of rotatable bonds is 10. The number of benzene rings is 2. The summed E-state index contributed by atoms with van der Waals surface area (Å²) in [6, 6.07) is 3.79. The minimum Gasteiger partial charge on any atom is -0.507 e. The molecule has 2 aromatic carbocycles. The molecule has 2 aliphatic carbocycles. The van der Waals surface area contributed by atoms with Crippen molar-refractivity contribution >= 4 is 29.1 Å². The van der Waals surface area contributed by atoms with Crippen molar-refractivity contribution < 1.29 is 49.0 Å². The van der Waals surface area contributed by atoms with Crippen LogP contribution in [0.5, 0.6) is 17.2 Å². The number of hydrogen-bond donors (Lipinski definition) is 5. The molecule has 238 valence electrons. The highest BCUT2D eigenvalue weighted by molar-refractivity contribution is 7.99. The Labute approximate surface area is 259 Å². The Kier molecular flexibility index (Phi) is 9.41. The lowest BCUT2D eigenvalue weighted by atomic mass is 9.72. The predicted octanol–water partition coefficient (Wildman–Crippen LogP) is 2.93. The Morgan fingerprint density at radius 3 is 2.55 bits per heavy atom. The topological polar surface area (TPSA) is 186 Å². The number of aliphatic hydroxyl groups excluding tert-OH is 1. The molecule has 2 aromatic rings. The number of methoxy groups -OCH3 is 1. The summed E-state index contributed by atoms with van der Waals surface area (Å²) in [5, 5.41) is 45.3. The van der Waals surface area contributed by atoms with E-state index < -0.39 is 82.6 Å². The molecule has 0 saturated carbocycles. The van der Waals surface area contributed by atoms with Gasteiger partial charge in [-0.15, -0.1) is 0 Å². The second kappa shape index (κ2) is 12.8. The molecule has 1 aliphatic heterocycles. The van der Waals surface area contributed by atoms with Crippen LogP contribution in [0.15, 0.2) is 18.2 Å². The predicted molar refractivity (Wildman–Crippen MR) is 162 cm³/mol. The molecule has 0 aromatic heterocycles. The van der Waals surface area contributed by atoms with Crippen LogP contribution in [0.3, 0.4) is 0 Å². The molecule has 6 N–H and O–H groups in total. The maximum absolute atomic E-state index is 13.8. The first kappa shape index (κ1) is 32.4. The van der Waals surface area contributed by atoms with Gasteiger partial charge in [-0.3, -0.25) is 14.4 Å². The van der Waals surface area contributed by atoms with E-state index >= 15 is 0 Å². The molecule has 3 aliphatic rings. The van der Waals surface area contributed by atoms with Gasteiger partial charge in [0.2, 0.25) is 5.78 Å². The van der Waals surface area contributed by atoms with Gasteiger partial charge in [0.1, 0.15) is 22.8 Å². The number of aromatic hydroxyl groups is 2. The maximum atomic E-state index is 13.8.